The van der Waals surface area contributed by atoms with Crippen molar-refractivity contribution in [2.24, 2.45) is 11.8 Å². The molecule has 1 heterocycles. The van der Waals surface area contributed by atoms with Gasteiger partial charge in [0.25, 0.3) is 0 Å². The minimum atomic E-state index is -0.0691. The fraction of sp³-hybridized carbons (Fsp3) is 0.667. The van der Waals surface area contributed by atoms with Gasteiger partial charge in [0.15, 0.2) is 0 Å². The van der Waals surface area contributed by atoms with Crippen molar-refractivity contribution in [3.8, 4) is 0 Å². The van der Waals surface area contributed by atoms with Crippen LogP contribution in [0.5, 0.6) is 0 Å². The maximum Gasteiger partial charge on any atom is 0.314 e. The lowest BCUT2D eigenvalue weighted by Crippen LogP contribution is -2.47. The van der Waals surface area contributed by atoms with Crippen LogP contribution in [0.25, 0.3) is 0 Å². The van der Waals surface area contributed by atoms with E-state index >= 15 is 0 Å². The number of benzene rings is 1. The van der Waals surface area contributed by atoms with Crippen LogP contribution >= 0.6 is 23.2 Å². The quantitative estimate of drug-likeness (QED) is 0.714. The van der Waals surface area contributed by atoms with Gasteiger partial charge in [-0.3, -0.25) is 4.90 Å². The van der Waals surface area contributed by atoms with Crippen molar-refractivity contribution >= 4 is 34.9 Å². The van der Waals surface area contributed by atoms with Crippen LogP contribution in [0, 0.1) is 11.8 Å². The molecule has 0 bridgehead atoms. The summed E-state index contributed by atoms with van der Waals surface area (Å²) in [7, 11) is 1.66. The third-order valence-electron chi connectivity index (χ3n) is 6.24. The molecule has 1 aromatic carbocycles. The number of hydrogen-bond acceptors (Lipinski definition) is 3. The fourth-order valence-electron chi connectivity index (χ4n) is 4.36. The number of carbonyl (C=O) groups excluding carboxylic acids is 1. The molecule has 7 heteroatoms. The van der Waals surface area contributed by atoms with Gasteiger partial charge in [0.2, 0.25) is 0 Å². The van der Waals surface area contributed by atoms with Crippen molar-refractivity contribution in [2.75, 3.05) is 51.2 Å². The molecule has 156 valence electrons. The second-order valence-electron chi connectivity index (χ2n) is 8.04. The van der Waals surface area contributed by atoms with Crippen molar-refractivity contribution in [3.05, 3.63) is 28.2 Å². The monoisotopic (exact) mass is 426 g/mol. The van der Waals surface area contributed by atoms with E-state index in [2.05, 4.69) is 26.5 Å². The molecular weight excluding hydrogens is 395 g/mol. The summed E-state index contributed by atoms with van der Waals surface area (Å²) in [6.45, 7) is 6.14. The second-order valence-corrected chi connectivity index (χ2v) is 8.82. The molecule has 0 unspecified atom stereocenters. The van der Waals surface area contributed by atoms with Crippen molar-refractivity contribution < 1.29 is 4.79 Å². The van der Waals surface area contributed by atoms with Crippen molar-refractivity contribution in [1.29, 1.82) is 0 Å². The minimum absolute atomic E-state index is 0.0691. The van der Waals surface area contributed by atoms with Gasteiger partial charge in [-0.25, -0.2) is 4.79 Å². The Morgan fingerprint density at radius 3 is 2.43 bits per heavy atom. The van der Waals surface area contributed by atoms with Gasteiger partial charge in [0, 0.05) is 39.8 Å². The zero-order valence-corrected chi connectivity index (χ0v) is 18.2. The summed E-state index contributed by atoms with van der Waals surface area (Å²) in [5.74, 6) is 1.47. The molecule has 1 aromatic rings. The molecule has 0 aromatic heterocycles. The Labute approximate surface area is 178 Å². The molecule has 2 fully saturated rings. The van der Waals surface area contributed by atoms with Gasteiger partial charge in [0.05, 0.1) is 15.7 Å². The number of nitrogens with one attached hydrogen (secondary N) is 2. The largest absolute Gasteiger partial charge is 0.368 e. The smallest absolute Gasteiger partial charge is 0.314 e. The molecular formula is C21H32Cl2N4O. The molecule has 2 N–H and O–H groups in total. The zero-order chi connectivity index (χ0) is 19.9. The Hall–Kier alpha value is -1.17. The molecule has 1 aliphatic heterocycles. The highest BCUT2D eigenvalue weighted by Gasteiger charge is 2.24. The number of hydrogen-bond donors (Lipinski definition) is 2. The highest BCUT2D eigenvalue weighted by Crippen LogP contribution is 2.33. The number of anilines is 1. The summed E-state index contributed by atoms with van der Waals surface area (Å²) in [6.07, 6.45) is 6.33. The Bertz CT molecular complexity index is 641. The van der Waals surface area contributed by atoms with Gasteiger partial charge in [-0.15, -0.1) is 0 Å². The molecule has 0 radical (unpaired) electrons. The van der Waals surface area contributed by atoms with Gasteiger partial charge in [-0.2, -0.15) is 0 Å². The molecule has 3 rings (SSSR count). The first-order chi connectivity index (χ1) is 13.6. The average molecular weight is 427 g/mol. The Morgan fingerprint density at radius 1 is 1.07 bits per heavy atom. The van der Waals surface area contributed by atoms with Crippen molar-refractivity contribution in [2.45, 2.75) is 32.1 Å². The third-order valence-corrected chi connectivity index (χ3v) is 7.05. The number of urea groups is 1. The molecule has 0 atom stereocenters. The van der Waals surface area contributed by atoms with Crippen LogP contribution in [0.1, 0.15) is 32.1 Å². The van der Waals surface area contributed by atoms with Crippen LogP contribution in [0.15, 0.2) is 18.2 Å². The van der Waals surface area contributed by atoms with Gasteiger partial charge in [-0.05, 0) is 49.8 Å². The summed E-state index contributed by atoms with van der Waals surface area (Å²) in [5, 5.41) is 6.86. The summed E-state index contributed by atoms with van der Waals surface area (Å²) < 4.78 is 0. The number of piperazine rings is 1. The molecule has 28 heavy (non-hydrogen) atoms. The standard InChI is InChI=1S/C21H32Cl2N4O/c1-24-21(28)25-15-17-7-5-16(6-8-17)9-10-26-11-13-27(14-12-26)19-4-2-3-18(22)20(19)23/h2-4,16-17H,5-15H2,1H3,(H2,24,25,28). The number of halogens is 2. The third kappa shape index (κ3) is 5.91. The van der Waals surface area contributed by atoms with Crippen molar-refractivity contribution in [1.82, 2.24) is 15.5 Å². The van der Waals surface area contributed by atoms with Crippen LogP contribution in [0.3, 0.4) is 0 Å². The van der Waals surface area contributed by atoms with Crippen LogP contribution in [-0.4, -0.2) is 57.2 Å². The molecule has 2 aliphatic rings. The zero-order valence-electron chi connectivity index (χ0n) is 16.7. The van der Waals surface area contributed by atoms with Crippen LogP contribution in [-0.2, 0) is 0 Å². The normalized spacial score (nSPS) is 23.5. The van der Waals surface area contributed by atoms with E-state index in [4.69, 9.17) is 23.2 Å². The maximum absolute atomic E-state index is 11.3. The van der Waals surface area contributed by atoms with E-state index in [1.165, 1.54) is 38.6 Å². The van der Waals surface area contributed by atoms with Crippen LogP contribution in [0.4, 0.5) is 10.5 Å². The molecule has 1 saturated heterocycles. The van der Waals surface area contributed by atoms with Crippen LogP contribution < -0.4 is 15.5 Å². The topological polar surface area (TPSA) is 47.6 Å². The first kappa shape index (κ1) is 21.5. The lowest BCUT2D eigenvalue weighted by Gasteiger charge is -2.37. The Balaban J connectivity index is 1.34. The van der Waals surface area contributed by atoms with Gasteiger partial charge in [-0.1, -0.05) is 42.1 Å². The van der Waals surface area contributed by atoms with E-state index in [0.717, 1.165) is 44.3 Å². The number of rotatable bonds is 6. The highest BCUT2D eigenvalue weighted by atomic mass is 35.5. The Kier molecular flexibility index (Phi) is 8.12. The van der Waals surface area contributed by atoms with Gasteiger partial charge < -0.3 is 15.5 Å². The second kappa shape index (κ2) is 10.6. The number of carbonyl (C=O) groups is 1. The SMILES string of the molecule is CNC(=O)NCC1CCC(CCN2CCN(c3cccc(Cl)c3Cl)CC2)CC1. The summed E-state index contributed by atoms with van der Waals surface area (Å²) in [4.78, 5) is 16.2. The average Bonchev–Trinajstić information content (AvgIpc) is 2.73. The minimum Gasteiger partial charge on any atom is -0.368 e. The molecule has 1 saturated carbocycles. The molecule has 1 aliphatic carbocycles. The fourth-order valence-corrected chi connectivity index (χ4v) is 4.78. The van der Waals surface area contributed by atoms with Crippen LogP contribution in [0.2, 0.25) is 10.0 Å². The predicted octanol–water partition coefficient (Wildman–Crippen LogP) is 4.24. The molecule has 5 nitrogen and oxygen atoms in total. The lowest BCUT2D eigenvalue weighted by atomic mass is 9.80. The Morgan fingerprint density at radius 2 is 1.75 bits per heavy atom. The van der Waals surface area contributed by atoms with E-state index in [1.54, 1.807) is 7.05 Å². The summed E-state index contributed by atoms with van der Waals surface area (Å²) in [5.41, 5.74) is 1.05. The number of amides is 2. The predicted molar refractivity (Wildman–Crippen MR) is 118 cm³/mol. The molecule has 0 spiro atoms. The van der Waals surface area contributed by atoms with E-state index in [0.29, 0.717) is 16.0 Å². The summed E-state index contributed by atoms with van der Waals surface area (Å²) in [6, 6.07) is 5.80. The van der Waals surface area contributed by atoms with E-state index in [1.807, 2.05) is 12.1 Å². The van der Waals surface area contributed by atoms with Crippen molar-refractivity contribution in [3.63, 3.8) is 0 Å². The lowest BCUT2D eigenvalue weighted by molar-refractivity contribution is 0.201. The first-order valence-corrected chi connectivity index (χ1v) is 11.2. The van der Waals surface area contributed by atoms with E-state index in [9.17, 15) is 4.79 Å². The first-order valence-electron chi connectivity index (χ1n) is 10.4. The molecule has 2 amide bonds. The summed E-state index contributed by atoms with van der Waals surface area (Å²) >= 11 is 12.5. The highest BCUT2D eigenvalue weighted by molar-refractivity contribution is 6.43. The maximum atomic E-state index is 11.3. The van der Waals surface area contributed by atoms with E-state index < -0.39 is 0 Å². The number of nitrogens with zero attached hydrogens (tertiary/aromatic N) is 2. The van der Waals surface area contributed by atoms with Gasteiger partial charge >= 0.3 is 6.03 Å². The van der Waals surface area contributed by atoms with E-state index in [-0.39, 0.29) is 6.03 Å². The van der Waals surface area contributed by atoms with Gasteiger partial charge in [0.1, 0.15) is 0 Å².